The molecular weight excluding hydrogens is 421 g/mol. The van der Waals surface area contributed by atoms with Crippen molar-refractivity contribution in [3.8, 4) is 5.69 Å². The van der Waals surface area contributed by atoms with Crippen LogP contribution in [0, 0.1) is 19.7 Å². The van der Waals surface area contributed by atoms with Crippen LogP contribution in [0.15, 0.2) is 54.6 Å². The van der Waals surface area contributed by atoms with Crippen molar-refractivity contribution in [1.82, 2.24) is 15.4 Å². The molecule has 31 heavy (non-hydrogen) atoms. The first-order valence-corrected chi connectivity index (χ1v) is 11.4. The maximum absolute atomic E-state index is 13.2. The Balaban J connectivity index is 1.73. The molecule has 0 saturated carbocycles. The van der Waals surface area contributed by atoms with E-state index in [-0.39, 0.29) is 17.1 Å². The third-order valence-corrected chi connectivity index (χ3v) is 5.53. The van der Waals surface area contributed by atoms with Crippen molar-refractivity contribution in [2.75, 3.05) is 6.26 Å². The van der Waals surface area contributed by atoms with Crippen LogP contribution in [-0.2, 0) is 15.6 Å². The van der Waals surface area contributed by atoms with Crippen molar-refractivity contribution < 1.29 is 22.4 Å². The average Bonchev–Trinajstić information content (AvgIpc) is 3.00. The van der Waals surface area contributed by atoms with Gasteiger partial charge in [-0.2, -0.15) is 0 Å². The van der Waals surface area contributed by atoms with Crippen molar-refractivity contribution in [2.45, 2.75) is 19.6 Å². The van der Waals surface area contributed by atoms with Crippen LogP contribution in [0.4, 0.5) is 4.39 Å². The summed E-state index contributed by atoms with van der Waals surface area (Å²) in [5.74, 6) is -1.62. The highest BCUT2D eigenvalue weighted by atomic mass is 32.2. The summed E-state index contributed by atoms with van der Waals surface area (Å²) >= 11 is 0. The number of aryl methyl sites for hydroxylation is 1. The van der Waals surface area contributed by atoms with Gasteiger partial charge in [0.1, 0.15) is 5.82 Å². The fourth-order valence-electron chi connectivity index (χ4n) is 3.34. The monoisotopic (exact) mass is 443 g/mol. The molecule has 0 fully saturated rings. The number of aromatic nitrogens is 1. The lowest BCUT2D eigenvalue weighted by molar-refractivity contribution is 0.0846. The molecule has 7 nitrogen and oxygen atoms in total. The Kier molecular flexibility index (Phi) is 6.26. The van der Waals surface area contributed by atoms with Crippen LogP contribution in [0.3, 0.4) is 0 Å². The van der Waals surface area contributed by atoms with Crippen LogP contribution in [0.2, 0.25) is 0 Å². The number of carbonyl (C=O) groups is 2. The maximum atomic E-state index is 13.2. The van der Waals surface area contributed by atoms with Crippen LogP contribution in [0.1, 0.15) is 37.7 Å². The molecule has 0 radical (unpaired) electrons. The fourth-order valence-corrected chi connectivity index (χ4v) is 4.12. The van der Waals surface area contributed by atoms with Gasteiger partial charge in [0.15, 0.2) is 9.84 Å². The van der Waals surface area contributed by atoms with E-state index in [0.29, 0.717) is 22.5 Å². The second kappa shape index (κ2) is 8.73. The van der Waals surface area contributed by atoms with Crippen molar-refractivity contribution in [1.29, 1.82) is 0 Å². The minimum atomic E-state index is -3.24. The van der Waals surface area contributed by atoms with E-state index < -0.39 is 21.7 Å². The highest BCUT2D eigenvalue weighted by molar-refractivity contribution is 7.89. The number of benzene rings is 2. The van der Waals surface area contributed by atoms with Gasteiger partial charge in [-0.1, -0.05) is 12.1 Å². The van der Waals surface area contributed by atoms with Gasteiger partial charge in [0.2, 0.25) is 0 Å². The lowest BCUT2D eigenvalue weighted by atomic mass is 10.1. The molecule has 0 saturated heterocycles. The van der Waals surface area contributed by atoms with Gasteiger partial charge in [-0.15, -0.1) is 0 Å². The van der Waals surface area contributed by atoms with Crippen molar-refractivity contribution >= 4 is 21.7 Å². The van der Waals surface area contributed by atoms with Gasteiger partial charge in [-0.3, -0.25) is 20.4 Å². The van der Waals surface area contributed by atoms with Crippen LogP contribution >= 0.6 is 0 Å². The van der Waals surface area contributed by atoms with E-state index in [2.05, 4.69) is 10.9 Å². The topological polar surface area (TPSA) is 97.3 Å². The van der Waals surface area contributed by atoms with Gasteiger partial charge in [-0.05, 0) is 61.9 Å². The first kappa shape index (κ1) is 22.2. The number of amides is 2. The highest BCUT2D eigenvalue weighted by Gasteiger charge is 2.18. The summed E-state index contributed by atoms with van der Waals surface area (Å²) in [7, 11) is -3.24. The van der Waals surface area contributed by atoms with E-state index in [1.807, 2.05) is 11.5 Å². The standard InChI is InChI=1S/C22H22FN3O4S/c1-14-11-20(15(2)26(14)19-9-7-18(23)8-10-19)22(28)25-24-21(27)17-6-4-5-16(12-17)13-31(3,29)30/h4-12H,13H2,1-3H3,(H,24,27)(H,25,28). The number of nitrogens with one attached hydrogen (secondary N) is 2. The number of hydrazine groups is 1. The van der Waals surface area contributed by atoms with Crippen molar-refractivity contribution in [3.63, 3.8) is 0 Å². The summed E-state index contributed by atoms with van der Waals surface area (Å²) in [6, 6.07) is 13.8. The Morgan fingerprint density at radius 1 is 0.968 bits per heavy atom. The van der Waals surface area contributed by atoms with E-state index in [0.717, 1.165) is 11.9 Å². The Labute approximate surface area is 179 Å². The van der Waals surface area contributed by atoms with E-state index >= 15 is 0 Å². The van der Waals surface area contributed by atoms with Crippen LogP contribution in [0.25, 0.3) is 5.69 Å². The van der Waals surface area contributed by atoms with Gasteiger partial charge in [0.05, 0.1) is 11.3 Å². The number of rotatable bonds is 5. The zero-order chi connectivity index (χ0) is 22.8. The molecule has 3 rings (SSSR count). The third kappa shape index (κ3) is 5.37. The van der Waals surface area contributed by atoms with Gasteiger partial charge >= 0.3 is 0 Å². The molecule has 0 aliphatic heterocycles. The summed E-state index contributed by atoms with van der Waals surface area (Å²) in [5.41, 5.74) is 7.89. The van der Waals surface area contributed by atoms with Crippen molar-refractivity contribution in [3.05, 3.63) is 88.5 Å². The summed E-state index contributed by atoms with van der Waals surface area (Å²) in [6.45, 7) is 3.57. The van der Waals surface area contributed by atoms with Crippen LogP contribution < -0.4 is 10.9 Å². The number of hydrogen-bond donors (Lipinski definition) is 2. The molecule has 1 aromatic heterocycles. The number of carbonyl (C=O) groups excluding carboxylic acids is 2. The van der Waals surface area contributed by atoms with Crippen LogP contribution in [-0.4, -0.2) is 31.1 Å². The molecule has 0 unspecified atom stereocenters. The molecule has 0 aliphatic rings. The smallest absolute Gasteiger partial charge is 0.271 e. The lowest BCUT2D eigenvalue weighted by Gasteiger charge is -2.11. The normalized spacial score (nSPS) is 11.2. The first-order valence-electron chi connectivity index (χ1n) is 9.37. The molecule has 9 heteroatoms. The molecule has 0 bridgehead atoms. The summed E-state index contributed by atoms with van der Waals surface area (Å²) in [4.78, 5) is 25.0. The highest BCUT2D eigenvalue weighted by Crippen LogP contribution is 2.21. The number of halogens is 1. The number of nitrogens with zero attached hydrogens (tertiary/aromatic N) is 1. The molecule has 0 atom stereocenters. The Bertz CT molecular complexity index is 1250. The number of hydrogen-bond acceptors (Lipinski definition) is 4. The van der Waals surface area contributed by atoms with Crippen LogP contribution in [0.5, 0.6) is 0 Å². The molecule has 162 valence electrons. The molecular formula is C22H22FN3O4S. The molecule has 0 aliphatic carbocycles. The van der Waals surface area contributed by atoms with Crippen molar-refractivity contribution in [2.24, 2.45) is 0 Å². The summed E-state index contributed by atoms with van der Waals surface area (Å²) in [5, 5.41) is 0. The van der Waals surface area contributed by atoms with E-state index in [1.165, 1.54) is 24.3 Å². The van der Waals surface area contributed by atoms with Gasteiger partial charge < -0.3 is 4.57 Å². The Morgan fingerprint density at radius 3 is 2.26 bits per heavy atom. The minimum absolute atomic E-state index is 0.185. The minimum Gasteiger partial charge on any atom is -0.318 e. The molecule has 1 heterocycles. The van der Waals surface area contributed by atoms with E-state index in [4.69, 9.17) is 0 Å². The second-order valence-corrected chi connectivity index (χ2v) is 9.42. The molecule has 2 N–H and O–H groups in total. The van der Waals surface area contributed by atoms with Gasteiger partial charge in [0, 0.05) is 28.9 Å². The predicted molar refractivity (Wildman–Crippen MR) is 115 cm³/mol. The van der Waals surface area contributed by atoms with E-state index in [9.17, 15) is 22.4 Å². The molecule has 2 aromatic carbocycles. The SMILES string of the molecule is Cc1cc(C(=O)NNC(=O)c2cccc(CS(C)(=O)=O)c2)c(C)n1-c1ccc(F)cc1. The zero-order valence-electron chi connectivity index (χ0n) is 17.3. The second-order valence-electron chi connectivity index (χ2n) is 7.28. The zero-order valence-corrected chi connectivity index (χ0v) is 18.1. The third-order valence-electron chi connectivity index (χ3n) is 4.67. The van der Waals surface area contributed by atoms with Gasteiger partial charge in [0.25, 0.3) is 11.8 Å². The number of sulfone groups is 1. The van der Waals surface area contributed by atoms with Gasteiger partial charge in [-0.25, -0.2) is 12.8 Å². The fraction of sp³-hybridized carbons (Fsp3) is 0.182. The lowest BCUT2D eigenvalue weighted by Crippen LogP contribution is -2.41. The first-order chi connectivity index (χ1) is 14.5. The Morgan fingerprint density at radius 2 is 1.61 bits per heavy atom. The summed E-state index contributed by atoms with van der Waals surface area (Å²) in [6.07, 6.45) is 1.11. The predicted octanol–water partition coefficient (Wildman–Crippen LogP) is 2.85. The summed E-state index contributed by atoms with van der Waals surface area (Å²) < 4.78 is 37.9. The molecule has 3 aromatic rings. The van der Waals surface area contributed by atoms with E-state index in [1.54, 1.807) is 37.3 Å². The maximum Gasteiger partial charge on any atom is 0.271 e. The Hall–Kier alpha value is -3.46. The molecule has 0 spiro atoms. The largest absolute Gasteiger partial charge is 0.318 e. The molecule has 2 amide bonds. The average molecular weight is 444 g/mol. The quantitative estimate of drug-likeness (QED) is 0.593.